The van der Waals surface area contributed by atoms with Crippen molar-refractivity contribution in [1.82, 2.24) is 19.9 Å². The van der Waals surface area contributed by atoms with E-state index in [4.69, 9.17) is 4.74 Å². The van der Waals surface area contributed by atoms with Gasteiger partial charge in [-0.3, -0.25) is 4.79 Å². The molecule has 0 unspecified atom stereocenters. The number of imidazole rings is 1. The molecule has 0 saturated carbocycles. The third-order valence-corrected chi connectivity index (χ3v) is 4.12. The molecule has 2 aromatic heterocycles. The smallest absolute Gasteiger partial charge is 0.339 e. The van der Waals surface area contributed by atoms with Crippen LogP contribution in [0.25, 0.3) is 11.2 Å². The molecule has 0 aliphatic rings. The Morgan fingerprint density at radius 1 is 1.25 bits per heavy atom. The number of nitrogens with zero attached hydrogens (tertiary/aromatic N) is 3. The van der Waals surface area contributed by atoms with Gasteiger partial charge in [-0.25, -0.2) is 19.7 Å². The van der Waals surface area contributed by atoms with Gasteiger partial charge in [-0.05, 0) is 12.1 Å². The maximum atomic E-state index is 12.2. The highest BCUT2D eigenvalue weighted by molar-refractivity contribution is 8.00. The molecule has 0 fully saturated rings. The number of H-pyrrole nitrogens is 1. The van der Waals surface area contributed by atoms with E-state index in [1.807, 2.05) is 0 Å². The van der Waals surface area contributed by atoms with E-state index < -0.39 is 5.97 Å². The second kappa shape index (κ2) is 7.09. The first-order valence-corrected chi connectivity index (χ1v) is 7.91. The number of aromatic amines is 1. The SMILES string of the molecule is COC(=O)c1ccccc1NC(=O)CSc1ncnc2nc[nH]c12. The molecular formula is C15H13N5O3S. The van der Waals surface area contributed by atoms with Crippen LogP contribution in [0.5, 0.6) is 0 Å². The van der Waals surface area contributed by atoms with Crippen LogP contribution in [-0.2, 0) is 9.53 Å². The number of carbonyl (C=O) groups excluding carboxylic acids is 2. The summed E-state index contributed by atoms with van der Waals surface area (Å²) in [5.74, 6) is -0.642. The molecule has 0 spiro atoms. The monoisotopic (exact) mass is 343 g/mol. The van der Waals surface area contributed by atoms with Crippen LogP contribution < -0.4 is 5.32 Å². The highest BCUT2D eigenvalue weighted by atomic mass is 32.2. The Kier molecular flexibility index (Phi) is 4.71. The number of methoxy groups -OCH3 is 1. The average molecular weight is 343 g/mol. The molecule has 8 nitrogen and oxygen atoms in total. The van der Waals surface area contributed by atoms with Crippen LogP contribution in [0.3, 0.4) is 0 Å². The summed E-state index contributed by atoms with van der Waals surface area (Å²) in [4.78, 5) is 39.0. The molecule has 2 heterocycles. The lowest BCUT2D eigenvalue weighted by Crippen LogP contribution is -2.17. The Morgan fingerprint density at radius 3 is 2.92 bits per heavy atom. The molecule has 0 atom stereocenters. The minimum absolute atomic E-state index is 0.126. The van der Waals surface area contributed by atoms with E-state index >= 15 is 0 Å². The Hall–Kier alpha value is -2.94. The number of esters is 1. The van der Waals surface area contributed by atoms with Gasteiger partial charge >= 0.3 is 5.97 Å². The van der Waals surface area contributed by atoms with Gasteiger partial charge in [0.1, 0.15) is 16.9 Å². The van der Waals surface area contributed by atoms with Gasteiger partial charge in [0.15, 0.2) is 5.65 Å². The molecule has 122 valence electrons. The summed E-state index contributed by atoms with van der Waals surface area (Å²) in [5.41, 5.74) is 1.94. The zero-order valence-corrected chi connectivity index (χ0v) is 13.5. The summed E-state index contributed by atoms with van der Waals surface area (Å²) in [6, 6.07) is 6.67. The fourth-order valence-corrected chi connectivity index (χ4v) is 2.81. The number of amides is 1. The largest absolute Gasteiger partial charge is 0.465 e. The molecule has 9 heteroatoms. The van der Waals surface area contributed by atoms with Crippen molar-refractivity contribution in [3.63, 3.8) is 0 Å². The molecule has 0 radical (unpaired) electrons. The van der Waals surface area contributed by atoms with Crippen molar-refractivity contribution in [3.8, 4) is 0 Å². The van der Waals surface area contributed by atoms with Crippen LogP contribution in [0.4, 0.5) is 5.69 Å². The van der Waals surface area contributed by atoms with Crippen molar-refractivity contribution in [3.05, 3.63) is 42.5 Å². The number of fused-ring (bicyclic) bond motifs is 1. The minimum Gasteiger partial charge on any atom is -0.465 e. The van der Waals surface area contributed by atoms with Crippen LogP contribution in [0.2, 0.25) is 0 Å². The van der Waals surface area contributed by atoms with Crippen LogP contribution in [-0.4, -0.2) is 44.7 Å². The minimum atomic E-state index is -0.506. The highest BCUT2D eigenvalue weighted by Crippen LogP contribution is 2.22. The third-order valence-electron chi connectivity index (χ3n) is 3.13. The first-order valence-electron chi connectivity index (χ1n) is 6.93. The number of ether oxygens (including phenoxy) is 1. The predicted octanol–water partition coefficient (Wildman–Crippen LogP) is 1.87. The van der Waals surface area contributed by atoms with E-state index in [0.29, 0.717) is 27.4 Å². The highest BCUT2D eigenvalue weighted by Gasteiger charge is 2.14. The van der Waals surface area contributed by atoms with Gasteiger partial charge in [-0.15, -0.1) is 0 Å². The van der Waals surface area contributed by atoms with Gasteiger partial charge in [0.05, 0.1) is 30.4 Å². The topological polar surface area (TPSA) is 110 Å². The number of hydrogen-bond acceptors (Lipinski definition) is 7. The fourth-order valence-electron chi connectivity index (χ4n) is 2.05. The molecular weight excluding hydrogens is 330 g/mol. The number of hydrogen-bond donors (Lipinski definition) is 2. The molecule has 1 aromatic carbocycles. The molecule has 3 rings (SSSR count). The lowest BCUT2D eigenvalue weighted by Gasteiger charge is -2.09. The number of benzene rings is 1. The van der Waals surface area contributed by atoms with Crippen LogP contribution in [0.1, 0.15) is 10.4 Å². The number of carbonyl (C=O) groups is 2. The zero-order chi connectivity index (χ0) is 16.9. The molecule has 0 saturated heterocycles. The van der Waals surface area contributed by atoms with Crippen molar-refractivity contribution >= 4 is 40.5 Å². The zero-order valence-electron chi connectivity index (χ0n) is 12.6. The van der Waals surface area contributed by atoms with E-state index in [1.165, 1.54) is 31.5 Å². The molecule has 2 N–H and O–H groups in total. The van der Waals surface area contributed by atoms with Crippen molar-refractivity contribution < 1.29 is 14.3 Å². The van der Waals surface area contributed by atoms with Crippen LogP contribution in [0, 0.1) is 0 Å². The van der Waals surface area contributed by atoms with Crippen LogP contribution in [0.15, 0.2) is 41.9 Å². The Balaban J connectivity index is 1.69. The lowest BCUT2D eigenvalue weighted by molar-refractivity contribution is -0.113. The van der Waals surface area contributed by atoms with Gasteiger partial charge < -0.3 is 15.0 Å². The normalized spacial score (nSPS) is 10.5. The summed E-state index contributed by atoms with van der Waals surface area (Å²) in [5, 5.41) is 3.34. The standard InChI is InChI=1S/C15H13N5O3S/c1-23-15(22)9-4-2-3-5-10(9)20-11(21)6-24-14-12-13(17-7-16-12)18-8-19-14/h2-5,7-8H,6H2,1H3,(H,20,21)(H,16,17,18,19). The van der Waals surface area contributed by atoms with Gasteiger partial charge in [0.25, 0.3) is 0 Å². The quantitative estimate of drug-likeness (QED) is 0.413. The summed E-state index contributed by atoms with van der Waals surface area (Å²) < 4.78 is 4.70. The predicted molar refractivity (Wildman–Crippen MR) is 88.8 cm³/mol. The molecule has 0 aliphatic carbocycles. The number of anilines is 1. The van der Waals surface area contributed by atoms with E-state index in [0.717, 1.165) is 0 Å². The Morgan fingerprint density at radius 2 is 2.08 bits per heavy atom. The number of para-hydroxylation sites is 1. The summed E-state index contributed by atoms with van der Waals surface area (Å²) >= 11 is 1.25. The lowest BCUT2D eigenvalue weighted by atomic mass is 10.2. The number of thioether (sulfide) groups is 1. The van der Waals surface area contributed by atoms with E-state index in [2.05, 4.69) is 25.3 Å². The van der Waals surface area contributed by atoms with Gasteiger partial charge in [0.2, 0.25) is 5.91 Å². The van der Waals surface area contributed by atoms with Crippen molar-refractivity contribution in [2.75, 3.05) is 18.2 Å². The van der Waals surface area contributed by atoms with Crippen LogP contribution >= 0.6 is 11.8 Å². The van der Waals surface area contributed by atoms with Crippen molar-refractivity contribution in [2.24, 2.45) is 0 Å². The van der Waals surface area contributed by atoms with Crippen molar-refractivity contribution in [2.45, 2.75) is 5.03 Å². The number of rotatable bonds is 5. The number of aromatic nitrogens is 4. The summed E-state index contributed by atoms with van der Waals surface area (Å²) in [6.07, 6.45) is 2.92. The third kappa shape index (κ3) is 3.35. The molecule has 3 aromatic rings. The summed E-state index contributed by atoms with van der Waals surface area (Å²) in [7, 11) is 1.29. The van der Waals surface area contributed by atoms with Gasteiger partial charge in [-0.1, -0.05) is 23.9 Å². The molecule has 24 heavy (non-hydrogen) atoms. The Bertz CT molecular complexity index is 895. The summed E-state index contributed by atoms with van der Waals surface area (Å²) in [6.45, 7) is 0. The van der Waals surface area contributed by atoms with Gasteiger partial charge in [-0.2, -0.15) is 0 Å². The van der Waals surface area contributed by atoms with E-state index in [-0.39, 0.29) is 11.7 Å². The van der Waals surface area contributed by atoms with E-state index in [1.54, 1.807) is 24.3 Å². The molecule has 0 bridgehead atoms. The maximum absolute atomic E-state index is 12.2. The first-order chi connectivity index (χ1) is 11.7. The maximum Gasteiger partial charge on any atom is 0.339 e. The Labute approximate surface area is 141 Å². The van der Waals surface area contributed by atoms with Gasteiger partial charge in [0, 0.05) is 0 Å². The average Bonchev–Trinajstić information content (AvgIpc) is 3.09. The fraction of sp³-hybridized carbons (Fsp3) is 0.133. The van der Waals surface area contributed by atoms with E-state index in [9.17, 15) is 9.59 Å². The molecule has 0 aliphatic heterocycles. The second-order valence-corrected chi connectivity index (χ2v) is 5.62. The first kappa shape index (κ1) is 15.9. The van der Waals surface area contributed by atoms with Crippen molar-refractivity contribution in [1.29, 1.82) is 0 Å². The molecule has 1 amide bonds. The second-order valence-electron chi connectivity index (χ2n) is 4.65. The number of nitrogens with one attached hydrogen (secondary N) is 2.